The van der Waals surface area contributed by atoms with Crippen LogP contribution >= 0.6 is 0 Å². The quantitative estimate of drug-likeness (QED) is 0.332. The minimum Gasteiger partial charge on any atom is -0.369 e. The van der Waals surface area contributed by atoms with E-state index in [0.717, 1.165) is 0 Å². The summed E-state index contributed by atoms with van der Waals surface area (Å²) in [6, 6.07) is 0. The van der Waals surface area contributed by atoms with Crippen LogP contribution in [0.4, 0.5) is 0 Å². The molecular formula is H4FeN5O12. The van der Waals surface area contributed by atoms with Gasteiger partial charge in [0.25, 0.3) is 0 Å². The standard InChI is InChI=1S/Fe.4NO3.H3N/c;4*2-1(3)4;/h;;;;;1H3/q+3;4*-1;/p+1. The second-order valence-corrected chi connectivity index (χ2v) is 0.894. The Kier molecular flexibility index (Phi) is 58.8. The van der Waals surface area contributed by atoms with E-state index >= 15 is 0 Å². The molecule has 109 valence electrons. The Morgan fingerprint density at radius 3 is 0.444 bits per heavy atom. The Balaban J connectivity index is -0.0000000257. The Labute approximate surface area is 106 Å². The van der Waals surface area contributed by atoms with Gasteiger partial charge in [-0.05, 0) is 0 Å². The fraction of sp³-hybridized carbons (Fsp3) is 0. The van der Waals surface area contributed by atoms with Crippen molar-refractivity contribution in [2.75, 3.05) is 0 Å². The van der Waals surface area contributed by atoms with Gasteiger partial charge in [-0.3, -0.25) is 0 Å². The maximum Gasteiger partial charge on any atom is 3.00 e. The molecule has 0 aliphatic heterocycles. The zero-order chi connectivity index (χ0) is 14.3. The van der Waals surface area contributed by atoms with Gasteiger partial charge in [0.2, 0.25) is 0 Å². The number of quaternary nitrogens is 1. The van der Waals surface area contributed by atoms with E-state index in [2.05, 4.69) is 0 Å². The third kappa shape index (κ3) is 271. The molecule has 0 spiro atoms. The van der Waals surface area contributed by atoms with Crippen molar-refractivity contribution in [3.8, 4) is 0 Å². The molecule has 17 nitrogen and oxygen atoms in total. The summed E-state index contributed by atoms with van der Waals surface area (Å²) >= 11 is 0. The maximum atomic E-state index is 8.25. The maximum absolute atomic E-state index is 8.25. The van der Waals surface area contributed by atoms with E-state index in [1.54, 1.807) is 0 Å². The van der Waals surface area contributed by atoms with E-state index in [0.29, 0.717) is 0 Å². The monoisotopic (exact) mass is 322 g/mol. The molecule has 0 aromatic rings. The van der Waals surface area contributed by atoms with Crippen molar-refractivity contribution in [1.82, 2.24) is 6.15 Å². The summed E-state index contributed by atoms with van der Waals surface area (Å²) in [5.74, 6) is 0. The molecule has 0 atom stereocenters. The Morgan fingerprint density at radius 2 is 0.444 bits per heavy atom. The molecule has 0 saturated carbocycles. The summed E-state index contributed by atoms with van der Waals surface area (Å²) < 4.78 is 0. The molecular weight excluding hydrogens is 318 g/mol. The molecule has 0 bridgehead atoms. The summed E-state index contributed by atoms with van der Waals surface area (Å²) in [6.45, 7) is 0. The van der Waals surface area contributed by atoms with Gasteiger partial charge in [0, 0.05) is 0 Å². The topological polar surface area (TPSA) is 301 Å². The van der Waals surface area contributed by atoms with Crippen LogP contribution in [0.3, 0.4) is 0 Å². The SMILES string of the molecule is O=[N+]([O-])[O-].O=[N+]([O-])[O-].O=[N+]([O-])[O-].O=[N+]([O-])[O-].[Fe+3].[NH4+]. The molecule has 0 aromatic heterocycles. The van der Waals surface area contributed by atoms with Crippen LogP contribution in [-0.4, -0.2) is 20.3 Å². The Morgan fingerprint density at radius 1 is 0.444 bits per heavy atom. The van der Waals surface area contributed by atoms with Crippen LogP contribution < -0.4 is 6.15 Å². The molecule has 0 heterocycles. The molecule has 0 aromatic carbocycles. The smallest absolute Gasteiger partial charge is 0.369 e. The second-order valence-electron chi connectivity index (χ2n) is 0.894. The zero-order valence-electron chi connectivity index (χ0n) is 8.04. The van der Waals surface area contributed by atoms with E-state index in [1.165, 1.54) is 0 Å². The molecule has 18 heavy (non-hydrogen) atoms. The summed E-state index contributed by atoms with van der Waals surface area (Å²) in [4.78, 5) is 33.0. The number of nitrogens with zero attached hydrogens (tertiary/aromatic N) is 4. The second kappa shape index (κ2) is 29.2. The first kappa shape index (κ1) is 36.2. The molecule has 1 radical (unpaired) electrons. The molecule has 18 heteroatoms. The van der Waals surface area contributed by atoms with Crippen molar-refractivity contribution < 1.29 is 37.4 Å². The summed E-state index contributed by atoms with van der Waals surface area (Å²) in [5.41, 5.74) is 0. The van der Waals surface area contributed by atoms with Crippen molar-refractivity contribution in [3.63, 3.8) is 0 Å². The predicted molar refractivity (Wildman–Crippen MR) is 47.4 cm³/mol. The number of hydrogen-bond donors (Lipinski definition) is 1. The third-order valence-electron chi connectivity index (χ3n) is 0. The zero-order valence-corrected chi connectivity index (χ0v) is 9.15. The summed E-state index contributed by atoms with van der Waals surface area (Å²) in [5, 5.41) is 59.0. The molecule has 0 saturated heterocycles. The van der Waals surface area contributed by atoms with Crippen molar-refractivity contribution in [3.05, 3.63) is 61.3 Å². The van der Waals surface area contributed by atoms with Crippen molar-refractivity contribution in [2.24, 2.45) is 0 Å². The van der Waals surface area contributed by atoms with Gasteiger partial charge in [-0.15, -0.1) is 0 Å². The first-order valence-electron chi connectivity index (χ1n) is 2.19. The summed E-state index contributed by atoms with van der Waals surface area (Å²) in [6.07, 6.45) is 0. The average Bonchev–Trinajstić information content (AvgIpc) is 1.76. The number of hydrogen-bond acceptors (Lipinski definition) is 12. The first-order valence-corrected chi connectivity index (χ1v) is 2.19. The van der Waals surface area contributed by atoms with E-state index < -0.39 is 20.3 Å². The molecule has 0 aliphatic carbocycles. The van der Waals surface area contributed by atoms with Gasteiger partial charge in [0.1, 0.15) is 0 Å². The molecule has 0 fully saturated rings. The van der Waals surface area contributed by atoms with E-state index in [4.69, 9.17) is 61.3 Å². The average molecular weight is 322 g/mol. The largest absolute Gasteiger partial charge is 3.00 e. The fourth-order valence-electron chi connectivity index (χ4n) is 0. The van der Waals surface area contributed by atoms with Crippen LogP contribution in [-0.2, 0) is 17.1 Å². The molecule has 0 amide bonds. The van der Waals surface area contributed by atoms with Crippen LogP contribution in [0.15, 0.2) is 0 Å². The van der Waals surface area contributed by atoms with Gasteiger partial charge in [-0.1, -0.05) is 0 Å². The van der Waals surface area contributed by atoms with Gasteiger partial charge in [-0.25, -0.2) is 0 Å². The predicted octanol–water partition coefficient (Wildman–Crippen LogP) is -0.583. The Hall–Kier alpha value is -2.72. The molecule has 4 N–H and O–H groups in total. The van der Waals surface area contributed by atoms with Crippen LogP contribution in [0.1, 0.15) is 0 Å². The Bertz CT molecular complexity index is 161. The van der Waals surface area contributed by atoms with Crippen molar-refractivity contribution >= 4 is 0 Å². The minimum atomic E-state index is -1.75. The van der Waals surface area contributed by atoms with Gasteiger partial charge < -0.3 is 67.4 Å². The summed E-state index contributed by atoms with van der Waals surface area (Å²) in [7, 11) is 0. The molecule has 0 aliphatic rings. The number of rotatable bonds is 0. The van der Waals surface area contributed by atoms with Gasteiger partial charge >= 0.3 is 17.1 Å². The van der Waals surface area contributed by atoms with Crippen LogP contribution in [0.25, 0.3) is 0 Å². The van der Waals surface area contributed by atoms with Crippen molar-refractivity contribution in [1.29, 1.82) is 0 Å². The van der Waals surface area contributed by atoms with E-state index in [1.807, 2.05) is 0 Å². The minimum absolute atomic E-state index is 0. The van der Waals surface area contributed by atoms with Crippen molar-refractivity contribution in [2.45, 2.75) is 0 Å². The van der Waals surface area contributed by atoms with Crippen LogP contribution in [0, 0.1) is 61.3 Å². The third-order valence-corrected chi connectivity index (χ3v) is 0. The van der Waals surface area contributed by atoms with Gasteiger partial charge in [-0.2, -0.15) is 0 Å². The van der Waals surface area contributed by atoms with E-state index in [-0.39, 0.29) is 23.2 Å². The first-order chi connectivity index (χ1) is 6.93. The fourth-order valence-corrected chi connectivity index (χ4v) is 0. The van der Waals surface area contributed by atoms with Crippen LogP contribution in [0.2, 0.25) is 0 Å². The van der Waals surface area contributed by atoms with Gasteiger partial charge in [0.15, 0.2) is 0 Å². The molecule has 0 rings (SSSR count). The van der Waals surface area contributed by atoms with E-state index in [9.17, 15) is 0 Å². The van der Waals surface area contributed by atoms with Gasteiger partial charge in [0.05, 0.1) is 20.3 Å². The van der Waals surface area contributed by atoms with Crippen LogP contribution in [0.5, 0.6) is 0 Å². The normalized spacial score (nSPS) is 5.33. The molecule has 0 unspecified atom stereocenters.